The van der Waals surface area contributed by atoms with Crippen molar-refractivity contribution in [3.63, 3.8) is 0 Å². The smallest absolute Gasteiger partial charge is 0.157 e. The normalized spacial score (nSPS) is 31.4. The second-order valence-electron chi connectivity index (χ2n) is 4.68. The lowest BCUT2D eigenvalue weighted by atomic mass is 10.2. The Balaban J connectivity index is 1.89. The van der Waals surface area contributed by atoms with Crippen molar-refractivity contribution in [2.45, 2.75) is 37.5 Å². The largest absolute Gasteiger partial charge is 0.376 e. The molecule has 0 radical (unpaired) electrons. The topological polar surface area (TPSA) is 36.3 Å². The van der Waals surface area contributed by atoms with Gasteiger partial charge >= 0.3 is 0 Å². The van der Waals surface area contributed by atoms with E-state index in [1.807, 2.05) is 0 Å². The van der Waals surface area contributed by atoms with Crippen molar-refractivity contribution >= 4 is 16.9 Å². The summed E-state index contributed by atoms with van der Waals surface area (Å²) in [7, 11) is 0. The summed E-state index contributed by atoms with van der Waals surface area (Å²) in [6.45, 7) is 7.19. The summed E-state index contributed by atoms with van der Waals surface area (Å²) >= 11 is 1.67. The molecule has 80 valence electrons. The van der Waals surface area contributed by atoms with Gasteiger partial charge in [0, 0.05) is 24.4 Å². The van der Waals surface area contributed by atoms with E-state index in [2.05, 4.69) is 18.7 Å². The first-order valence-corrected chi connectivity index (χ1v) is 6.03. The van der Waals surface area contributed by atoms with Crippen molar-refractivity contribution in [3.8, 4) is 0 Å². The molecule has 0 aromatic carbocycles. The molecule has 1 atom stereocenters. The summed E-state index contributed by atoms with van der Waals surface area (Å²) in [5.41, 5.74) is 0. The summed E-state index contributed by atoms with van der Waals surface area (Å²) in [5.74, 6) is 0. The molecular formula is C10H18N2OS. The summed E-state index contributed by atoms with van der Waals surface area (Å²) in [6.07, 6.45) is 2.71. The number of amidine groups is 1. The molecular weight excluding hydrogens is 196 g/mol. The van der Waals surface area contributed by atoms with E-state index < -0.39 is 0 Å². The van der Waals surface area contributed by atoms with E-state index in [-0.39, 0.29) is 4.75 Å². The predicted octanol–water partition coefficient (Wildman–Crippen LogP) is 1.93. The molecule has 0 saturated carbocycles. The van der Waals surface area contributed by atoms with Crippen molar-refractivity contribution in [3.05, 3.63) is 0 Å². The van der Waals surface area contributed by atoms with Gasteiger partial charge in [-0.05, 0) is 26.7 Å². The van der Waals surface area contributed by atoms with Gasteiger partial charge in [0.05, 0.1) is 6.10 Å². The molecule has 2 rings (SSSR count). The average Bonchev–Trinajstić information content (AvgIpc) is 2.61. The number of hydrogen-bond acceptors (Lipinski definition) is 3. The Morgan fingerprint density at radius 3 is 2.93 bits per heavy atom. The van der Waals surface area contributed by atoms with Gasteiger partial charge in [0.15, 0.2) is 5.17 Å². The molecule has 0 aliphatic carbocycles. The van der Waals surface area contributed by atoms with Crippen LogP contribution in [0.2, 0.25) is 0 Å². The molecule has 0 unspecified atom stereocenters. The SMILES string of the molecule is CC1(C)CN(C[C@H]2CCCO2)C(=N)S1. The molecule has 14 heavy (non-hydrogen) atoms. The van der Waals surface area contributed by atoms with Gasteiger partial charge in [0.2, 0.25) is 0 Å². The van der Waals surface area contributed by atoms with Crippen LogP contribution in [0.15, 0.2) is 0 Å². The fourth-order valence-corrected chi connectivity index (χ4v) is 3.08. The number of thioether (sulfide) groups is 1. The van der Waals surface area contributed by atoms with Crippen LogP contribution >= 0.6 is 11.8 Å². The summed E-state index contributed by atoms with van der Waals surface area (Å²) in [5, 5.41) is 8.57. The van der Waals surface area contributed by atoms with E-state index >= 15 is 0 Å². The minimum atomic E-state index is 0.204. The zero-order valence-electron chi connectivity index (χ0n) is 8.88. The Labute approximate surface area is 89.7 Å². The Hall–Kier alpha value is -0.220. The van der Waals surface area contributed by atoms with E-state index in [1.165, 1.54) is 6.42 Å². The van der Waals surface area contributed by atoms with Gasteiger partial charge < -0.3 is 9.64 Å². The highest BCUT2D eigenvalue weighted by atomic mass is 32.2. The molecule has 2 saturated heterocycles. The van der Waals surface area contributed by atoms with Crippen LogP contribution in [0.4, 0.5) is 0 Å². The van der Waals surface area contributed by atoms with Crippen LogP contribution in [0.5, 0.6) is 0 Å². The molecule has 0 spiro atoms. The first-order chi connectivity index (χ1) is 6.57. The lowest BCUT2D eigenvalue weighted by molar-refractivity contribution is 0.0916. The van der Waals surface area contributed by atoms with Crippen molar-refractivity contribution in [2.24, 2.45) is 0 Å². The second kappa shape index (κ2) is 3.74. The summed E-state index contributed by atoms with van der Waals surface area (Å²) in [6, 6.07) is 0. The van der Waals surface area contributed by atoms with Gasteiger partial charge in [0.25, 0.3) is 0 Å². The number of nitrogens with one attached hydrogen (secondary N) is 1. The molecule has 2 aliphatic heterocycles. The lowest BCUT2D eigenvalue weighted by Gasteiger charge is -2.22. The second-order valence-corrected chi connectivity index (χ2v) is 6.38. The number of hydrogen-bond donors (Lipinski definition) is 1. The number of rotatable bonds is 2. The fourth-order valence-electron chi connectivity index (χ4n) is 2.07. The van der Waals surface area contributed by atoms with Crippen LogP contribution in [-0.2, 0) is 4.74 Å². The highest BCUT2D eigenvalue weighted by Crippen LogP contribution is 2.35. The molecule has 2 aliphatic rings. The maximum Gasteiger partial charge on any atom is 0.157 e. The molecule has 0 bridgehead atoms. The zero-order chi connectivity index (χ0) is 10.2. The summed E-state index contributed by atoms with van der Waals surface area (Å²) < 4.78 is 5.79. The first kappa shape index (κ1) is 10.3. The maximum atomic E-state index is 7.86. The Morgan fingerprint density at radius 2 is 2.43 bits per heavy atom. The van der Waals surface area contributed by atoms with Gasteiger partial charge in [-0.25, -0.2) is 0 Å². The van der Waals surface area contributed by atoms with Crippen molar-refractivity contribution in [2.75, 3.05) is 19.7 Å². The zero-order valence-corrected chi connectivity index (χ0v) is 9.69. The third-order valence-corrected chi connectivity index (χ3v) is 3.81. The predicted molar refractivity (Wildman–Crippen MR) is 59.9 cm³/mol. The summed E-state index contributed by atoms with van der Waals surface area (Å²) in [4.78, 5) is 2.15. The fraction of sp³-hybridized carbons (Fsp3) is 0.900. The monoisotopic (exact) mass is 214 g/mol. The van der Waals surface area contributed by atoms with Crippen molar-refractivity contribution < 1.29 is 4.74 Å². The average molecular weight is 214 g/mol. The molecule has 3 nitrogen and oxygen atoms in total. The van der Waals surface area contributed by atoms with Crippen LogP contribution in [-0.4, -0.2) is 40.6 Å². The molecule has 4 heteroatoms. The van der Waals surface area contributed by atoms with Crippen LogP contribution in [0.25, 0.3) is 0 Å². The number of ether oxygens (including phenoxy) is 1. The number of nitrogens with zero attached hydrogens (tertiary/aromatic N) is 1. The minimum Gasteiger partial charge on any atom is -0.376 e. The van der Waals surface area contributed by atoms with Crippen LogP contribution in [0, 0.1) is 5.41 Å². The van der Waals surface area contributed by atoms with E-state index in [1.54, 1.807) is 11.8 Å². The molecule has 1 N–H and O–H groups in total. The quantitative estimate of drug-likeness (QED) is 0.763. The molecule has 0 amide bonds. The molecule has 0 aromatic heterocycles. The molecule has 0 aromatic rings. The van der Waals surface area contributed by atoms with Crippen LogP contribution < -0.4 is 0 Å². The highest BCUT2D eigenvalue weighted by Gasteiger charge is 2.35. The highest BCUT2D eigenvalue weighted by molar-refractivity contribution is 8.15. The third kappa shape index (κ3) is 2.23. The molecule has 2 fully saturated rings. The van der Waals surface area contributed by atoms with Crippen molar-refractivity contribution in [1.29, 1.82) is 5.41 Å². The van der Waals surface area contributed by atoms with Gasteiger partial charge in [-0.15, -0.1) is 0 Å². The van der Waals surface area contributed by atoms with Gasteiger partial charge in [-0.2, -0.15) is 0 Å². The standard InChI is InChI=1S/C10H18N2OS/c1-10(2)7-12(9(11)14-10)6-8-4-3-5-13-8/h8,11H,3-7H2,1-2H3/t8-/m1/s1. The Bertz CT molecular complexity index is 236. The van der Waals surface area contributed by atoms with E-state index in [0.717, 1.165) is 26.1 Å². The third-order valence-electron chi connectivity index (χ3n) is 2.68. The van der Waals surface area contributed by atoms with Crippen LogP contribution in [0.3, 0.4) is 0 Å². The lowest BCUT2D eigenvalue weighted by Crippen LogP contribution is -2.35. The maximum absolute atomic E-state index is 7.86. The van der Waals surface area contributed by atoms with E-state index in [0.29, 0.717) is 11.3 Å². The Morgan fingerprint density at radius 1 is 1.64 bits per heavy atom. The van der Waals surface area contributed by atoms with Crippen molar-refractivity contribution in [1.82, 2.24) is 4.90 Å². The van der Waals surface area contributed by atoms with Gasteiger partial charge in [-0.3, -0.25) is 5.41 Å². The first-order valence-electron chi connectivity index (χ1n) is 5.21. The van der Waals surface area contributed by atoms with Gasteiger partial charge in [-0.1, -0.05) is 11.8 Å². The van der Waals surface area contributed by atoms with E-state index in [9.17, 15) is 0 Å². The van der Waals surface area contributed by atoms with E-state index in [4.69, 9.17) is 10.1 Å². The minimum absolute atomic E-state index is 0.204. The molecule has 2 heterocycles. The van der Waals surface area contributed by atoms with Gasteiger partial charge in [0.1, 0.15) is 0 Å². The van der Waals surface area contributed by atoms with Crippen LogP contribution in [0.1, 0.15) is 26.7 Å². The Kier molecular flexibility index (Phi) is 2.75.